The summed E-state index contributed by atoms with van der Waals surface area (Å²) in [6, 6.07) is 11.1. The first-order valence-corrected chi connectivity index (χ1v) is 7.07. The first-order chi connectivity index (χ1) is 10.8. The highest BCUT2D eigenvalue weighted by atomic mass is 19.1. The molecular weight excluding hydrogens is 279 g/mol. The molecule has 0 unspecified atom stereocenters. The highest BCUT2D eigenvalue weighted by molar-refractivity contribution is 5.76. The fourth-order valence-corrected chi connectivity index (χ4v) is 2.15. The zero-order valence-electron chi connectivity index (χ0n) is 12.3. The molecule has 110 valence electrons. The SMILES string of the molecule is Cc1cccc2nn(CCC#Cc3cccc(CF)n3)nc12. The van der Waals surface area contributed by atoms with Gasteiger partial charge < -0.3 is 0 Å². The van der Waals surface area contributed by atoms with E-state index in [1.165, 1.54) is 0 Å². The van der Waals surface area contributed by atoms with E-state index in [9.17, 15) is 4.39 Å². The van der Waals surface area contributed by atoms with Crippen molar-refractivity contribution < 1.29 is 4.39 Å². The van der Waals surface area contributed by atoms with Crippen LogP contribution in [0.2, 0.25) is 0 Å². The van der Waals surface area contributed by atoms with Gasteiger partial charge in [0.25, 0.3) is 0 Å². The van der Waals surface area contributed by atoms with Crippen LogP contribution in [0.3, 0.4) is 0 Å². The molecule has 2 heterocycles. The zero-order valence-corrected chi connectivity index (χ0v) is 12.3. The molecule has 0 atom stereocenters. The second kappa shape index (κ2) is 6.35. The zero-order chi connectivity index (χ0) is 15.4. The summed E-state index contributed by atoms with van der Waals surface area (Å²) >= 11 is 0. The number of alkyl halides is 1. The average Bonchev–Trinajstić information content (AvgIpc) is 2.96. The molecule has 3 rings (SSSR count). The van der Waals surface area contributed by atoms with E-state index in [0.717, 1.165) is 16.6 Å². The van der Waals surface area contributed by atoms with Crippen LogP contribution >= 0.6 is 0 Å². The van der Waals surface area contributed by atoms with Crippen molar-refractivity contribution in [3.05, 3.63) is 53.3 Å². The quantitative estimate of drug-likeness (QED) is 0.697. The molecule has 22 heavy (non-hydrogen) atoms. The van der Waals surface area contributed by atoms with Gasteiger partial charge in [-0.05, 0) is 36.6 Å². The smallest absolute Gasteiger partial charge is 0.131 e. The molecular formula is C17H15FN4. The molecule has 0 spiro atoms. The van der Waals surface area contributed by atoms with Gasteiger partial charge in [0.1, 0.15) is 23.4 Å². The van der Waals surface area contributed by atoms with Gasteiger partial charge in [0, 0.05) is 6.42 Å². The van der Waals surface area contributed by atoms with Gasteiger partial charge in [-0.1, -0.05) is 24.1 Å². The average molecular weight is 294 g/mol. The Hall–Kier alpha value is -2.74. The van der Waals surface area contributed by atoms with E-state index in [2.05, 4.69) is 27.0 Å². The standard InChI is InChI=1S/C17H15FN4/c1-13-6-4-10-16-17(13)21-22(20-16)11-3-2-7-14-8-5-9-15(12-18)19-14/h4-6,8-10H,3,11-12H2,1H3. The summed E-state index contributed by atoms with van der Waals surface area (Å²) in [5, 5.41) is 8.87. The molecule has 0 amide bonds. The minimum absolute atomic E-state index is 0.405. The Kier molecular flexibility index (Phi) is 4.10. The number of hydrogen-bond donors (Lipinski definition) is 0. The normalized spacial score (nSPS) is 10.5. The highest BCUT2D eigenvalue weighted by Gasteiger charge is 2.03. The lowest BCUT2D eigenvalue weighted by Crippen LogP contribution is -2.01. The van der Waals surface area contributed by atoms with Crippen molar-refractivity contribution >= 4 is 11.0 Å². The summed E-state index contributed by atoms with van der Waals surface area (Å²) in [5.41, 5.74) is 3.92. The van der Waals surface area contributed by atoms with Gasteiger partial charge in [-0.25, -0.2) is 9.37 Å². The summed E-state index contributed by atoms with van der Waals surface area (Å²) in [6.45, 7) is 2.06. The van der Waals surface area contributed by atoms with Crippen molar-refractivity contribution in [2.75, 3.05) is 0 Å². The summed E-state index contributed by atoms with van der Waals surface area (Å²) in [4.78, 5) is 5.76. The maximum atomic E-state index is 12.5. The second-order valence-corrected chi connectivity index (χ2v) is 4.94. The number of fused-ring (bicyclic) bond motifs is 1. The van der Waals surface area contributed by atoms with Crippen molar-refractivity contribution in [1.82, 2.24) is 20.0 Å². The number of aryl methyl sites for hydroxylation is 2. The fraction of sp³-hybridized carbons (Fsp3) is 0.235. The molecule has 0 aliphatic rings. The van der Waals surface area contributed by atoms with E-state index in [4.69, 9.17) is 0 Å². The lowest BCUT2D eigenvalue weighted by atomic mass is 10.2. The van der Waals surface area contributed by atoms with Crippen molar-refractivity contribution in [2.45, 2.75) is 26.6 Å². The number of benzene rings is 1. The van der Waals surface area contributed by atoms with Gasteiger partial charge in [0.2, 0.25) is 0 Å². The van der Waals surface area contributed by atoms with Crippen molar-refractivity contribution in [3.8, 4) is 11.8 Å². The molecule has 3 aromatic rings. The van der Waals surface area contributed by atoms with Crippen LogP contribution < -0.4 is 0 Å². The minimum Gasteiger partial charge on any atom is -0.244 e. The summed E-state index contributed by atoms with van der Waals surface area (Å²) in [7, 11) is 0. The highest BCUT2D eigenvalue weighted by Crippen LogP contribution is 2.13. The van der Waals surface area contributed by atoms with E-state index in [0.29, 0.717) is 24.4 Å². The third kappa shape index (κ3) is 3.12. The lowest BCUT2D eigenvalue weighted by Gasteiger charge is -1.94. The first-order valence-electron chi connectivity index (χ1n) is 7.07. The molecule has 1 aromatic carbocycles. The predicted molar refractivity (Wildman–Crippen MR) is 82.8 cm³/mol. The number of halogens is 1. The molecule has 2 aromatic heterocycles. The lowest BCUT2D eigenvalue weighted by molar-refractivity contribution is 0.476. The van der Waals surface area contributed by atoms with Gasteiger partial charge in [-0.3, -0.25) is 0 Å². The van der Waals surface area contributed by atoms with Crippen LogP contribution in [-0.4, -0.2) is 20.0 Å². The topological polar surface area (TPSA) is 43.6 Å². The maximum absolute atomic E-state index is 12.5. The van der Waals surface area contributed by atoms with E-state index >= 15 is 0 Å². The van der Waals surface area contributed by atoms with Crippen LogP contribution in [0.1, 0.15) is 23.4 Å². The molecule has 0 fully saturated rings. The van der Waals surface area contributed by atoms with E-state index in [1.807, 2.05) is 25.1 Å². The molecule has 0 aliphatic carbocycles. The van der Waals surface area contributed by atoms with Crippen LogP contribution in [-0.2, 0) is 13.2 Å². The summed E-state index contributed by atoms with van der Waals surface area (Å²) < 4.78 is 12.5. The third-order valence-corrected chi connectivity index (χ3v) is 3.25. The number of nitrogens with zero attached hydrogens (tertiary/aromatic N) is 4. The molecule has 4 nitrogen and oxygen atoms in total. The molecule has 0 N–H and O–H groups in total. The monoisotopic (exact) mass is 294 g/mol. The van der Waals surface area contributed by atoms with E-state index in [-0.39, 0.29) is 0 Å². The van der Waals surface area contributed by atoms with Crippen molar-refractivity contribution in [1.29, 1.82) is 0 Å². The van der Waals surface area contributed by atoms with Crippen LogP contribution in [0.5, 0.6) is 0 Å². The third-order valence-electron chi connectivity index (χ3n) is 3.25. The molecule has 0 saturated carbocycles. The Morgan fingerprint density at radius 1 is 1.14 bits per heavy atom. The van der Waals surface area contributed by atoms with Gasteiger partial charge in [-0.15, -0.1) is 0 Å². The Bertz CT molecular complexity index is 858. The van der Waals surface area contributed by atoms with Crippen LogP contribution in [0.15, 0.2) is 36.4 Å². The van der Waals surface area contributed by atoms with Crippen molar-refractivity contribution in [2.24, 2.45) is 0 Å². The Morgan fingerprint density at radius 2 is 2.00 bits per heavy atom. The van der Waals surface area contributed by atoms with Crippen LogP contribution in [0.25, 0.3) is 11.0 Å². The Morgan fingerprint density at radius 3 is 2.82 bits per heavy atom. The van der Waals surface area contributed by atoms with Gasteiger partial charge in [-0.2, -0.15) is 15.0 Å². The Balaban J connectivity index is 1.67. The predicted octanol–water partition coefficient (Wildman–Crippen LogP) is 3.05. The van der Waals surface area contributed by atoms with Crippen LogP contribution in [0.4, 0.5) is 4.39 Å². The fourth-order valence-electron chi connectivity index (χ4n) is 2.15. The maximum Gasteiger partial charge on any atom is 0.131 e. The van der Waals surface area contributed by atoms with Gasteiger partial charge in [0.05, 0.1) is 12.2 Å². The second-order valence-electron chi connectivity index (χ2n) is 4.94. The number of pyridine rings is 1. The Labute approximate surface area is 128 Å². The largest absolute Gasteiger partial charge is 0.244 e. The minimum atomic E-state index is -0.571. The molecule has 0 bridgehead atoms. The molecule has 0 radical (unpaired) electrons. The molecule has 5 heteroatoms. The number of rotatable bonds is 3. The summed E-state index contributed by atoms with van der Waals surface area (Å²) in [5.74, 6) is 5.96. The molecule has 0 aliphatic heterocycles. The molecule has 0 saturated heterocycles. The number of aromatic nitrogens is 4. The summed E-state index contributed by atoms with van der Waals surface area (Å²) in [6.07, 6.45) is 0.613. The van der Waals surface area contributed by atoms with E-state index in [1.54, 1.807) is 23.0 Å². The first kappa shape index (κ1) is 14.2. The van der Waals surface area contributed by atoms with Crippen molar-refractivity contribution in [3.63, 3.8) is 0 Å². The van der Waals surface area contributed by atoms with Gasteiger partial charge >= 0.3 is 0 Å². The van der Waals surface area contributed by atoms with E-state index < -0.39 is 6.67 Å². The van der Waals surface area contributed by atoms with Crippen LogP contribution in [0, 0.1) is 18.8 Å². The van der Waals surface area contributed by atoms with Gasteiger partial charge in [0.15, 0.2) is 0 Å². The number of hydrogen-bond acceptors (Lipinski definition) is 3.